The van der Waals surface area contributed by atoms with Gasteiger partial charge in [0, 0.05) is 5.69 Å². The Bertz CT molecular complexity index is 540. The van der Waals surface area contributed by atoms with Gasteiger partial charge in [-0.05, 0) is 31.2 Å². The molecule has 0 saturated carbocycles. The lowest BCUT2D eigenvalue weighted by atomic mass is 10.3. The molecule has 2 rings (SSSR count). The first-order valence-corrected chi connectivity index (χ1v) is 5.60. The molecule has 0 radical (unpaired) electrons. The molecule has 6 heteroatoms. The summed E-state index contributed by atoms with van der Waals surface area (Å²) in [5.74, 6) is -0.872. The zero-order valence-electron chi connectivity index (χ0n) is 8.95. The van der Waals surface area contributed by atoms with Crippen molar-refractivity contribution in [3.63, 3.8) is 0 Å². The highest BCUT2D eigenvalue weighted by atomic mass is 32.2. The van der Waals surface area contributed by atoms with E-state index in [1.54, 1.807) is 13.0 Å². The Labute approximate surface area is 101 Å². The third kappa shape index (κ3) is 2.91. The maximum Gasteiger partial charge on any atom is 0.221 e. The van der Waals surface area contributed by atoms with Crippen LogP contribution in [0.3, 0.4) is 0 Å². The van der Waals surface area contributed by atoms with Crippen LogP contribution < -0.4 is 5.73 Å². The molecule has 0 aliphatic carbocycles. The fourth-order valence-corrected chi connectivity index (χ4v) is 2.21. The first kappa shape index (κ1) is 11.8. The van der Waals surface area contributed by atoms with Gasteiger partial charge in [0.15, 0.2) is 0 Å². The Hall–Kier alpha value is -1.69. The predicted octanol–water partition coefficient (Wildman–Crippen LogP) is 2.80. The molecule has 2 N–H and O–H groups in total. The highest BCUT2D eigenvalue weighted by Gasteiger charge is 2.08. The van der Waals surface area contributed by atoms with E-state index in [-0.39, 0.29) is 10.8 Å². The molecule has 17 heavy (non-hydrogen) atoms. The molecule has 0 saturated heterocycles. The molecular formula is C11H9F2N3S. The van der Waals surface area contributed by atoms with Crippen molar-refractivity contribution in [3.8, 4) is 0 Å². The highest BCUT2D eigenvalue weighted by Crippen LogP contribution is 2.29. The van der Waals surface area contributed by atoms with E-state index in [9.17, 15) is 8.78 Å². The fourth-order valence-electron chi connectivity index (χ4n) is 1.28. The SMILES string of the molecule is Cc1cc(Sc2cc(F)ccc2F)nc(N)n1. The molecule has 0 aliphatic rings. The minimum absolute atomic E-state index is 0.115. The number of anilines is 1. The second kappa shape index (κ2) is 4.67. The highest BCUT2D eigenvalue weighted by molar-refractivity contribution is 7.99. The van der Waals surface area contributed by atoms with E-state index in [0.29, 0.717) is 10.7 Å². The van der Waals surface area contributed by atoms with Gasteiger partial charge in [-0.25, -0.2) is 18.7 Å². The van der Waals surface area contributed by atoms with E-state index in [2.05, 4.69) is 9.97 Å². The third-order valence-electron chi connectivity index (χ3n) is 1.96. The van der Waals surface area contributed by atoms with Crippen LogP contribution in [-0.4, -0.2) is 9.97 Å². The molecule has 1 aromatic heterocycles. The van der Waals surface area contributed by atoms with Gasteiger partial charge in [0.2, 0.25) is 5.95 Å². The number of hydrogen-bond donors (Lipinski definition) is 1. The van der Waals surface area contributed by atoms with E-state index < -0.39 is 11.6 Å². The summed E-state index contributed by atoms with van der Waals surface area (Å²) >= 11 is 1.01. The molecular weight excluding hydrogens is 244 g/mol. The molecule has 0 unspecified atom stereocenters. The van der Waals surface area contributed by atoms with Crippen molar-refractivity contribution >= 4 is 17.7 Å². The summed E-state index contributed by atoms with van der Waals surface area (Å²) in [6.45, 7) is 1.75. The average molecular weight is 253 g/mol. The van der Waals surface area contributed by atoms with Crippen LogP contribution in [0.5, 0.6) is 0 Å². The fraction of sp³-hybridized carbons (Fsp3) is 0.0909. The van der Waals surface area contributed by atoms with Crippen molar-refractivity contribution in [1.82, 2.24) is 9.97 Å². The van der Waals surface area contributed by atoms with E-state index in [1.807, 2.05) is 0 Å². The summed E-state index contributed by atoms with van der Waals surface area (Å²) in [6, 6.07) is 4.92. The van der Waals surface area contributed by atoms with E-state index in [4.69, 9.17) is 5.73 Å². The maximum atomic E-state index is 13.4. The van der Waals surface area contributed by atoms with Crippen LogP contribution in [0.15, 0.2) is 34.2 Å². The third-order valence-corrected chi connectivity index (χ3v) is 2.91. The van der Waals surface area contributed by atoms with Crippen LogP contribution in [0.4, 0.5) is 14.7 Å². The molecule has 3 nitrogen and oxygen atoms in total. The Kier molecular flexibility index (Phi) is 3.23. The van der Waals surface area contributed by atoms with Crippen LogP contribution in [0, 0.1) is 18.6 Å². The quantitative estimate of drug-likeness (QED) is 0.836. The lowest BCUT2D eigenvalue weighted by Crippen LogP contribution is -1.97. The molecule has 0 amide bonds. The molecule has 0 aliphatic heterocycles. The summed E-state index contributed by atoms with van der Waals surface area (Å²) in [5, 5.41) is 0.486. The van der Waals surface area contributed by atoms with Gasteiger partial charge in [-0.3, -0.25) is 0 Å². The lowest BCUT2D eigenvalue weighted by Gasteiger charge is -2.04. The van der Waals surface area contributed by atoms with Crippen LogP contribution >= 0.6 is 11.8 Å². The Morgan fingerprint density at radius 3 is 2.65 bits per heavy atom. The Morgan fingerprint density at radius 2 is 1.94 bits per heavy atom. The number of halogens is 2. The Balaban J connectivity index is 2.34. The summed E-state index contributed by atoms with van der Waals surface area (Å²) in [6.07, 6.45) is 0. The standard InChI is InChI=1S/C11H9F2N3S/c1-6-4-10(16-11(14)15-6)17-9-5-7(12)2-3-8(9)13/h2-5H,1H3,(H2,14,15,16). The molecule has 0 spiro atoms. The van der Waals surface area contributed by atoms with Crippen LogP contribution in [0.25, 0.3) is 0 Å². The predicted molar refractivity (Wildman–Crippen MR) is 61.7 cm³/mol. The average Bonchev–Trinajstić information content (AvgIpc) is 2.22. The number of rotatable bonds is 2. The molecule has 0 bridgehead atoms. The topological polar surface area (TPSA) is 51.8 Å². The smallest absolute Gasteiger partial charge is 0.221 e. The number of aryl methyl sites for hydroxylation is 1. The normalized spacial score (nSPS) is 10.5. The number of aromatic nitrogens is 2. The van der Waals surface area contributed by atoms with Crippen molar-refractivity contribution in [3.05, 3.63) is 41.6 Å². The van der Waals surface area contributed by atoms with Crippen molar-refractivity contribution < 1.29 is 8.78 Å². The van der Waals surface area contributed by atoms with E-state index in [1.165, 1.54) is 0 Å². The monoisotopic (exact) mass is 253 g/mol. The molecule has 88 valence electrons. The Morgan fingerprint density at radius 1 is 1.18 bits per heavy atom. The maximum absolute atomic E-state index is 13.4. The van der Waals surface area contributed by atoms with Gasteiger partial charge in [-0.15, -0.1) is 0 Å². The van der Waals surface area contributed by atoms with E-state index in [0.717, 1.165) is 30.0 Å². The van der Waals surface area contributed by atoms with Crippen molar-refractivity contribution in [2.45, 2.75) is 16.8 Å². The van der Waals surface area contributed by atoms with Gasteiger partial charge < -0.3 is 5.73 Å². The molecule has 0 atom stereocenters. The van der Waals surface area contributed by atoms with Crippen molar-refractivity contribution in [1.29, 1.82) is 0 Å². The molecule has 1 aromatic carbocycles. The van der Waals surface area contributed by atoms with Crippen LogP contribution in [-0.2, 0) is 0 Å². The number of hydrogen-bond acceptors (Lipinski definition) is 4. The minimum Gasteiger partial charge on any atom is -0.368 e. The summed E-state index contributed by atoms with van der Waals surface area (Å²) < 4.78 is 26.4. The largest absolute Gasteiger partial charge is 0.368 e. The number of nitrogens with two attached hydrogens (primary N) is 1. The zero-order chi connectivity index (χ0) is 12.4. The van der Waals surface area contributed by atoms with Crippen molar-refractivity contribution in [2.75, 3.05) is 5.73 Å². The second-order valence-corrected chi connectivity index (χ2v) is 4.44. The second-order valence-electron chi connectivity index (χ2n) is 3.38. The van der Waals surface area contributed by atoms with Gasteiger partial charge >= 0.3 is 0 Å². The zero-order valence-corrected chi connectivity index (χ0v) is 9.76. The van der Waals surface area contributed by atoms with Gasteiger partial charge in [0.1, 0.15) is 16.7 Å². The summed E-state index contributed by atoms with van der Waals surface area (Å²) in [4.78, 5) is 8.01. The first-order chi connectivity index (χ1) is 8.04. The minimum atomic E-state index is -0.494. The number of nitrogens with zero attached hydrogens (tertiary/aromatic N) is 2. The summed E-state index contributed by atoms with van der Waals surface area (Å²) in [5.41, 5.74) is 6.16. The van der Waals surface area contributed by atoms with Crippen LogP contribution in [0.1, 0.15) is 5.69 Å². The van der Waals surface area contributed by atoms with Gasteiger partial charge in [0.05, 0.1) is 4.90 Å². The number of nitrogen functional groups attached to an aromatic ring is 1. The first-order valence-electron chi connectivity index (χ1n) is 4.78. The summed E-state index contributed by atoms with van der Waals surface area (Å²) in [7, 11) is 0. The molecule has 0 fully saturated rings. The van der Waals surface area contributed by atoms with Gasteiger partial charge in [-0.2, -0.15) is 0 Å². The molecule has 1 heterocycles. The molecule has 2 aromatic rings. The van der Waals surface area contributed by atoms with Gasteiger partial charge in [-0.1, -0.05) is 11.8 Å². The van der Waals surface area contributed by atoms with Crippen molar-refractivity contribution in [2.24, 2.45) is 0 Å². The van der Waals surface area contributed by atoms with E-state index >= 15 is 0 Å². The van der Waals surface area contributed by atoms with Gasteiger partial charge in [0.25, 0.3) is 0 Å². The van der Waals surface area contributed by atoms with Crippen LogP contribution in [0.2, 0.25) is 0 Å². The number of benzene rings is 1. The lowest BCUT2D eigenvalue weighted by molar-refractivity contribution is 0.577.